The van der Waals surface area contributed by atoms with Crippen LogP contribution in [-0.2, 0) is 29.0 Å². The van der Waals surface area contributed by atoms with Crippen molar-refractivity contribution in [2.24, 2.45) is 5.92 Å². The third-order valence-corrected chi connectivity index (χ3v) is 4.43. The molecule has 0 bridgehead atoms. The first-order valence-corrected chi connectivity index (χ1v) is 7.73. The molecule has 1 saturated heterocycles. The molecule has 1 fully saturated rings. The fraction of sp³-hybridized carbons (Fsp3) is 0.529. The van der Waals surface area contributed by atoms with Gasteiger partial charge in [-0.2, -0.15) is 0 Å². The van der Waals surface area contributed by atoms with Gasteiger partial charge in [0, 0.05) is 6.54 Å². The van der Waals surface area contributed by atoms with E-state index in [0.717, 1.165) is 18.4 Å². The van der Waals surface area contributed by atoms with Crippen molar-refractivity contribution < 1.29 is 9.59 Å². The second-order valence-corrected chi connectivity index (χ2v) is 6.44. The molecule has 4 nitrogen and oxygen atoms in total. The lowest BCUT2D eigenvalue weighted by Crippen LogP contribution is -2.59. The van der Waals surface area contributed by atoms with Crippen LogP contribution in [0.3, 0.4) is 0 Å². The summed E-state index contributed by atoms with van der Waals surface area (Å²) < 4.78 is 0. The highest BCUT2D eigenvalue weighted by molar-refractivity contribution is 5.94. The van der Waals surface area contributed by atoms with Crippen LogP contribution in [0.25, 0.3) is 0 Å². The van der Waals surface area contributed by atoms with E-state index in [9.17, 15) is 9.59 Å². The number of rotatable bonds is 3. The summed E-state index contributed by atoms with van der Waals surface area (Å²) in [4.78, 5) is 25.9. The Hall–Kier alpha value is -1.84. The Morgan fingerprint density at radius 2 is 2.00 bits per heavy atom. The van der Waals surface area contributed by atoms with E-state index in [-0.39, 0.29) is 30.3 Å². The molecule has 1 heterocycles. The van der Waals surface area contributed by atoms with Gasteiger partial charge >= 0.3 is 0 Å². The van der Waals surface area contributed by atoms with Crippen LogP contribution in [0.4, 0.5) is 0 Å². The zero-order chi connectivity index (χ0) is 15.0. The number of carbonyl (C=O) groups excluding carboxylic acids is 2. The molecule has 2 aliphatic rings. The normalized spacial score (nSPS) is 21.7. The van der Waals surface area contributed by atoms with Gasteiger partial charge in [0.15, 0.2) is 0 Å². The fourth-order valence-corrected chi connectivity index (χ4v) is 3.26. The minimum absolute atomic E-state index is 0.0325. The van der Waals surface area contributed by atoms with Crippen molar-refractivity contribution >= 4 is 11.8 Å². The first kappa shape index (κ1) is 14.1. The summed E-state index contributed by atoms with van der Waals surface area (Å²) in [6.45, 7) is 4.62. The van der Waals surface area contributed by atoms with E-state index < -0.39 is 0 Å². The molecular formula is C17H22N2O2. The summed E-state index contributed by atoms with van der Waals surface area (Å²) in [5, 5.41) is 2.79. The highest BCUT2D eigenvalue weighted by Gasteiger charge is 2.34. The van der Waals surface area contributed by atoms with Crippen molar-refractivity contribution in [2.45, 2.75) is 45.7 Å². The molecule has 3 rings (SSSR count). The second-order valence-electron chi connectivity index (χ2n) is 6.44. The van der Waals surface area contributed by atoms with Crippen LogP contribution in [0.15, 0.2) is 18.2 Å². The molecular weight excluding hydrogens is 264 g/mol. The second kappa shape index (κ2) is 5.51. The van der Waals surface area contributed by atoms with Crippen LogP contribution in [0, 0.1) is 5.92 Å². The SMILES string of the molecule is CC(C)C1NC(=O)CN(Cc2ccc3c(c2)CCC3)C1=O. The summed E-state index contributed by atoms with van der Waals surface area (Å²) in [7, 11) is 0. The molecule has 1 aromatic carbocycles. The van der Waals surface area contributed by atoms with Gasteiger partial charge in [-0.25, -0.2) is 0 Å². The number of piperazine rings is 1. The zero-order valence-corrected chi connectivity index (χ0v) is 12.7. The molecule has 1 atom stereocenters. The standard InChI is InChI=1S/C17H22N2O2/c1-11(2)16-17(21)19(10-15(20)18-16)9-12-6-7-13-4-3-5-14(13)8-12/h6-8,11,16H,3-5,9-10H2,1-2H3,(H,18,20). The number of hydrogen-bond donors (Lipinski definition) is 1. The topological polar surface area (TPSA) is 49.4 Å². The van der Waals surface area contributed by atoms with Crippen molar-refractivity contribution in [3.8, 4) is 0 Å². The maximum atomic E-state index is 12.5. The smallest absolute Gasteiger partial charge is 0.246 e. The predicted molar refractivity (Wildman–Crippen MR) is 80.7 cm³/mol. The molecule has 0 aromatic heterocycles. The van der Waals surface area contributed by atoms with Crippen molar-refractivity contribution in [3.63, 3.8) is 0 Å². The average molecular weight is 286 g/mol. The van der Waals surface area contributed by atoms with Crippen LogP contribution in [-0.4, -0.2) is 29.3 Å². The maximum Gasteiger partial charge on any atom is 0.246 e. The molecule has 0 saturated carbocycles. The summed E-state index contributed by atoms with van der Waals surface area (Å²) in [5.41, 5.74) is 3.96. The Labute approximate surface area is 125 Å². The Kier molecular flexibility index (Phi) is 3.70. The quantitative estimate of drug-likeness (QED) is 0.918. The molecule has 1 aliphatic heterocycles. The largest absolute Gasteiger partial charge is 0.343 e. The van der Waals surface area contributed by atoms with Crippen LogP contribution in [0.5, 0.6) is 0 Å². The van der Waals surface area contributed by atoms with E-state index >= 15 is 0 Å². The first-order valence-electron chi connectivity index (χ1n) is 7.73. The minimum Gasteiger partial charge on any atom is -0.343 e. The van der Waals surface area contributed by atoms with Crippen LogP contribution >= 0.6 is 0 Å². The summed E-state index contributed by atoms with van der Waals surface area (Å²) in [6, 6.07) is 6.08. The van der Waals surface area contributed by atoms with Crippen LogP contribution < -0.4 is 5.32 Å². The third-order valence-electron chi connectivity index (χ3n) is 4.43. The number of benzene rings is 1. The van der Waals surface area contributed by atoms with E-state index in [1.807, 2.05) is 13.8 Å². The third kappa shape index (κ3) is 2.80. The van der Waals surface area contributed by atoms with E-state index in [1.54, 1.807) is 4.90 Å². The molecule has 0 spiro atoms. The molecule has 21 heavy (non-hydrogen) atoms. The monoisotopic (exact) mass is 286 g/mol. The number of carbonyl (C=O) groups is 2. The van der Waals surface area contributed by atoms with E-state index in [4.69, 9.17) is 0 Å². The molecule has 1 aliphatic carbocycles. The van der Waals surface area contributed by atoms with Crippen molar-refractivity contribution in [1.82, 2.24) is 10.2 Å². The molecule has 1 N–H and O–H groups in total. The van der Waals surface area contributed by atoms with Gasteiger partial charge in [-0.05, 0) is 41.9 Å². The number of hydrogen-bond acceptors (Lipinski definition) is 2. The Bertz CT molecular complexity index is 580. The molecule has 4 heteroatoms. The number of amides is 2. The van der Waals surface area contributed by atoms with Gasteiger partial charge in [-0.15, -0.1) is 0 Å². The van der Waals surface area contributed by atoms with Gasteiger partial charge in [0.25, 0.3) is 0 Å². The van der Waals surface area contributed by atoms with Gasteiger partial charge in [0.2, 0.25) is 11.8 Å². The van der Waals surface area contributed by atoms with Crippen molar-refractivity contribution in [2.75, 3.05) is 6.54 Å². The van der Waals surface area contributed by atoms with Crippen LogP contribution in [0.1, 0.15) is 37.0 Å². The fourth-order valence-electron chi connectivity index (χ4n) is 3.26. The summed E-state index contributed by atoms with van der Waals surface area (Å²) in [5.74, 6) is 0.0869. The van der Waals surface area contributed by atoms with Crippen molar-refractivity contribution in [1.29, 1.82) is 0 Å². The number of fused-ring (bicyclic) bond motifs is 1. The molecule has 0 radical (unpaired) electrons. The van der Waals surface area contributed by atoms with E-state index in [2.05, 4.69) is 23.5 Å². The number of nitrogens with one attached hydrogen (secondary N) is 1. The van der Waals surface area contributed by atoms with Gasteiger partial charge in [0.05, 0.1) is 6.54 Å². The number of aryl methyl sites for hydroxylation is 2. The first-order chi connectivity index (χ1) is 10.0. The molecule has 112 valence electrons. The van der Waals surface area contributed by atoms with Crippen LogP contribution in [0.2, 0.25) is 0 Å². The zero-order valence-electron chi connectivity index (χ0n) is 12.7. The summed E-state index contributed by atoms with van der Waals surface area (Å²) in [6.07, 6.45) is 3.52. The molecule has 2 amide bonds. The van der Waals surface area contributed by atoms with E-state index in [1.165, 1.54) is 17.5 Å². The minimum atomic E-state index is -0.388. The Morgan fingerprint density at radius 1 is 1.24 bits per heavy atom. The highest BCUT2D eigenvalue weighted by Crippen LogP contribution is 2.24. The van der Waals surface area contributed by atoms with Crippen molar-refractivity contribution in [3.05, 3.63) is 34.9 Å². The average Bonchev–Trinajstić information content (AvgIpc) is 2.89. The lowest BCUT2D eigenvalue weighted by molar-refractivity contribution is -0.146. The van der Waals surface area contributed by atoms with E-state index in [0.29, 0.717) is 6.54 Å². The maximum absolute atomic E-state index is 12.5. The highest BCUT2D eigenvalue weighted by atomic mass is 16.2. The predicted octanol–water partition coefficient (Wildman–Crippen LogP) is 1.66. The Morgan fingerprint density at radius 3 is 2.76 bits per heavy atom. The van der Waals surface area contributed by atoms with Gasteiger partial charge in [-0.1, -0.05) is 32.0 Å². The lowest BCUT2D eigenvalue weighted by atomic mass is 10.00. The molecule has 1 unspecified atom stereocenters. The van der Waals surface area contributed by atoms with Gasteiger partial charge in [-0.3, -0.25) is 9.59 Å². The molecule has 1 aromatic rings. The van der Waals surface area contributed by atoms with Gasteiger partial charge < -0.3 is 10.2 Å². The Balaban J connectivity index is 1.77. The number of nitrogens with zero attached hydrogens (tertiary/aromatic N) is 1. The lowest BCUT2D eigenvalue weighted by Gasteiger charge is -2.34. The summed E-state index contributed by atoms with van der Waals surface area (Å²) >= 11 is 0. The van der Waals surface area contributed by atoms with Gasteiger partial charge in [0.1, 0.15) is 6.04 Å².